The van der Waals surface area contributed by atoms with Gasteiger partial charge in [0.2, 0.25) is 0 Å². The van der Waals surface area contributed by atoms with Gasteiger partial charge in [-0.1, -0.05) is 12.5 Å². The summed E-state index contributed by atoms with van der Waals surface area (Å²) in [6.07, 6.45) is 6.27. The lowest BCUT2D eigenvalue weighted by molar-refractivity contribution is 0.310. The number of benzene rings is 1. The number of aryl methyl sites for hydroxylation is 1. The average molecular weight is 295 g/mol. The van der Waals surface area contributed by atoms with Gasteiger partial charge < -0.3 is 9.47 Å². The van der Waals surface area contributed by atoms with Crippen LogP contribution in [-0.2, 0) is 6.54 Å². The molecular formula is C19H25N3. The molecule has 3 heteroatoms. The summed E-state index contributed by atoms with van der Waals surface area (Å²) >= 11 is 0. The Morgan fingerprint density at radius 1 is 1.32 bits per heavy atom. The second kappa shape index (κ2) is 6.14. The largest absolute Gasteiger partial charge is 0.348 e. The first-order chi connectivity index (χ1) is 10.6. The first-order valence-electron chi connectivity index (χ1n) is 8.29. The second-order valence-electron chi connectivity index (χ2n) is 6.74. The third-order valence-corrected chi connectivity index (χ3v) is 5.02. The van der Waals surface area contributed by atoms with Crippen LogP contribution in [0.4, 0.5) is 5.69 Å². The molecule has 2 aromatic rings. The molecule has 1 aliphatic carbocycles. The van der Waals surface area contributed by atoms with Crippen molar-refractivity contribution >= 4 is 16.6 Å². The smallest absolute Gasteiger partial charge is 0.187 e. The number of hydrogen-bond acceptors (Lipinski definition) is 1. The van der Waals surface area contributed by atoms with E-state index in [4.69, 9.17) is 6.57 Å². The van der Waals surface area contributed by atoms with Crippen LogP contribution in [0.15, 0.2) is 24.4 Å². The van der Waals surface area contributed by atoms with Crippen molar-refractivity contribution in [3.05, 3.63) is 41.4 Å². The van der Waals surface area contributed by atoms with Gasteiger partial charge in [-0.25, -0.2) is 4.85 Å². The molecule has 0 radical (unpaired) electrons. The molecule has 0 N–H and O–H groups in total. The van der Waals surface area contributed by atoms with E-state index in [9.17, 15) is 0 Å². The number of rotatable bonds is 4. The molecule has 1 aromatic heterocycles. The Hall–Kier alpha value is -1.79. The highest BCUT2D eigenvalue weighted by atomic mass is 15.1. The lowest BCUT2D eigenvalue weighted by Gasteiger charge is -2.23. The first kappa shape index (κ1) is 15.1. The molecule has 0 aliphatic heterocycles. The van der Waals surface area contributed by atoms with Gasteiger partial charge in [0.25, 0.3) is 0 Å². The predicted octanol–water partition coefficient (Wildman–Crippen LogP) is 4.66. The Balaban J connectivity index is 2.07. The molecule has 1 fully saturated rings. The summed E-state index contributed by atoms with van der Waals surface area (Å²) in [6, 6.07) is 6.15. The molecule has 0 bridgehead atoms. The van der Waals surface area contributed by atoms with Crippen LogP contribution in [0.5, 0.6) is 0 Å². The molecule has 2 atom stereocenters. The van der Waals surface area contributed by atoms with Crippen molar-refractivity contribution in [1.82, 2.24) is 9.47 Å². The Morgan fingerprint density at radius 2 is 2.14 bits per heavy atom. The van der Waals surface area contributed by atoms with E-state index in [0.29, 0.717) is 5.92 Å². The van der Waals surface area contributed by atoms with Crippen molar-refractivity contribution in [2.24, 2.45) is 5.92 Å². The zero-order chi connectivity index (χ0) is 15.7. The minimum atomic E-state index is 0.638. The van der Waals surface area contributed by atoms with Gasteiger partial charge in [-0.2, -0.15) is 0 Å². The van der Waals surface area contributed by atoms with Crippen molar-refractivity contribution in [3.8, 4) is 0 Å². The number of aromatic nitrogens is 1. The predicted molar refractivity (Wildman–Crippen MR) is 92.5 cm³/mol. The van der Waals surface area contributed by atoms with Crippen molar-refractivity contribution in [3.63, 3.8) is 0 Å². The summed E-state index contributed by atoms with van der Waals surface area (Å²) in [5.41, 5.74) is 3.50. The molecule has 0 amide bonds. The van der Waals surface area contributed by atoms with E-state index >= 15 is 0 Å². The van der Waals surface area contributed by atoms with Gasteiger partial charge in [-0.15, -0.1) is 0 Å². The Labute approximate surface area is 133 Å². The molecule has 0 saturated heterocycles. The molecule has 0 spiro atoms. The minimum absolute atomic E-state index is 0.638. The lowest BCUT2D eigenvalue weighted by Crippen LogP contribution is -2.23. The number of hydrogen-bond donors (Lipinski definition) is 0. The monoisotopic (exact) mass is 295 g/mol. The summed E-state index contributed by atoms with van der Waals surface area (Å²) in [7, 11) is 4.34. The van der Waals surface area contributed by atoms with Crippen LogP contribution in [-0.4, -0.2) is 30.1 Å². The second-order valence-corrected chi connectivity index (χ2v) is 6.74. The van der Waals surface area contributed by atoms with Gasteiger partial charge in [0.05, 0.1) is 6.57 Å². The summed E-state index contributed by atoms with van der Waals surface area (Å²) < 4.78 is 2.34. The van der Waals surface area contributed by atoms with Gasteiger partial charge in [0, 0.05) is 24.8 Å². The Bertz CT molecular complexity index is 705. The first-order valence-corrected chi connectivity index (χ1v) is 8.29. The maximum Gasteiger partial charge on any atom is 0.187 e. The van der Waals surface area contributed by atoms with Gasteiger partial charge in [0.1, 0.15) is 0 Å². The molecule has 116 valence electrons. The van der Waals surface area contributed by atoms with Crippen LogP contribution in [0.2, 0.25) is 0 Å². The molecule has 0 unspecified atom stereocenters. The van der Waals surface area contributed by atoms with E-state index in [1.165, 1.54) is 35.7 Å². The molecule has 1 aromatic carbocycles. The molecule has 22 heavy (non-hydrogen) atoms. The maximum absolute atomic E-state index is 7.29. The highest BCUT2D eigenvalue weighted by Crippen LogP contribution is 2.43. The van der Waals surface area contributed by atoms with Crippen LogP contribution < -0.4 is 0 Å². The quantitative estimate of drug-likeness (QED) is 0.748. The number of nitrogens with zero attached hydrogens (tertiary/aromatic N) is 3. The highest BCUT2D eigenvalue weighted by Gasteiger charge is 2.31. The van der Waals surface area contributed by atoms with Crippen molar-refractivity contribution < 1.29 is 0 Å². The van der Waals surface area contributed by atoms with E-state index in [0.717, 1.165) is 24.7 Å². The van der Waals surface area contributed by atoms with Gasteiger partial charge >= 0.3 is 0 Å². The third-order valence-electron chi connectivity index (χ3n) is 5.02. The summed E-state index contributed by atoms with van der Waals surface area (Å²) in [6.45, 7) is 11.6. The third kappa shape index (κ3) is 2.64. The lowest BCUT2D eigenvalue weighted by atomic mass is 9.88. The Kier molecular flexibility index (Phi) is 4.22. The molecular weight excluding hydrogens is 270 g/mol. The molecule has 1 aliphatic rings. The molecule has 1 heterocycles. The summed E-state index contributed by atoms with van der Waals surface area (Å²) in [5, 5.41) is 1.30. The zero-order valence-corrected chi connectivity index (χ0v) is 13.8. The standard InChI is InChI=1S/C19H25N3/c1-5-22-13-18(16-8-6-7-14(16)12-21(3)4)17-11-15(20-2)9-10-19(17)22/h9-11,13-14,16H,5-8,12H2,1,3-4H3/t14-,16+/m1/s1. The van der Waals surface area contributed by atoms with Crippen molar-refractivity contribution in [2.75, 3.05) is 20.6 Å². The molecule has 1 saturated carbocycles. The zero-order valence-electron chi connectivity index (χ0n) is 13.8. The summed E-state index contributed by atoms with van der Waals surface area (Å²) in [4.78, 5) is 5.94. The van der Waals surface area contributed by atoms with Gasteiger partial charge in [-0.05, 0) is 68.8 Å². The molecule has 3 rings (SSSR count). The summed E-state index contributed by atoms with van der Waals surface area (Å²) in [5.74, 6) is 1.38. The normalized spacial score (nSPS) is 21.6. The van der Waals surface area contributed by atoms with Crippen LogP contribution >= 0.6 is 0 Å². The number of fused-ring (bicyclic) bond motifs is 1. The van der Waals surface area contributed by atoms with Crippen molar-refractivity contribution in [1.29, 1.82) is 0 Å². The van der Waals surface area contributed by atoms with Crippen LogP contribution in [0.1, 0.15) is 37.7 Å². The van der Waals surface area contributed by atoms with E-state index < -0.39 is 0 Å². The van der Waals surface area contributed by atoms with Crippen LogP contribution in [0.25, 0.3) is 15.7 Å². The van der Waals surface area contributed by atoms with Crippen LogP contribution in [0, 0.1) is 12.5 Å². The Morgan fingerprint density at radius 3 is 2.82 bits per heavy atom. The fourth-order valence-corrected chi connectivity index (χ4v) is 4.07. The van der Waals surface area contributed by atoms with E-state index in [2.05, 4.69) is 53.7 Å². The van der Waals surface area contributed by atoms with Gasteiger partial charge in [0.15, 0.2) is 5.69 Å². The fourth-order valence-electron chi connectivity index (χ4n) is 4.07. The average Bonchev–Trinajstić information content (AvgIpc) is 3.09. The van der Waals surface area contributed by atoms with E-state index in [1.54, 1.807) is 0 Å². The topological polar surface area (TPSA) is 12.5 Å². The van der Waals surface area contributed by atoms with Crippen LogP contribution in [0.3, 0.4) is 0 Å². The van der Waals surface area contributed by atoms with E-state index in [-0.39, 0.29) is 0 Å². The maximum atomic E-state index is 7.29. The highest BCUT2D eigenvalue weighted by molar-refractivity contribution is 5.88. The van der Waals surface area contributed by atoms with Gasteiger partial charge in [-0.3, -0.25) is 0 Å². The van der Waals surface area contributed by atoms with E-state index in [1.807, 2.05) is 6.07 Å². The SMILES string of the molecule is [C-]#[N+]c1ccc2c(c1)c([C@H]1CCC[C@@H]1CN(C)C)cn2CC. The minimum Gasteiger partial charge on any atom is -0.348 e. The fraction of sp³-hybridized carbons (Fsp3) is 0.526. The molecule has 3 nitrogen and oxygen atoms in total. The van der Waals surface area contributed by atoms with Crippen molar-refractivity contribution in [2.45, 2.75) is 38.6 Å².